The summed E-state index contributed by atoms with van der Waals surface area (Å²) >= 11 is 0. The third-order valence-electron chi connectivity index (χ3n) is 2.18. The Labute approximate surface area is 94.2 Å². The molecule has 0 bridgehead atoms. The third kappa shape index (κ3) is 2.50. The molecule has 0 saturated heterocycles. The van der Waals surface area contributed by atoms with E-state index < -0.39 is 0 Å². The normalized spacial score (nSPS) is 10.0. The van der Waals surface area contributed by atoms with Gasteiger partial charge in [0, 0.05) is 13.1 Å². The molecule has 7 nitrogen and oxygen atoms in total. The van der Waals surface area contributed by atoms with Crippen LogP contribution in [0, 0.1) is 0 Å². The highest BCUT2D eigenvalue weighted by atomic mass is 16.5. The van der Waals surface area contributed by atoms with Gasteiger partial charge in [-0.25, -0.2) is 15.8 Å². The van der Waals surface area contributed by atoms with E-state index in [1.54, 1.807) is 0 Å². The van der Waals surface area contributed by atoms with Gasteiger partial charge >= 0.3 is 0 Å². The van der Waals surface area contributed by atoms with E-state index in [-0.39, 0.29) is 6.61 Å². The van der Waals surface area contributed by atoms with Crippen molar-refractivity contribution in [3.05, 3.63) is 6.33 Å². The van der Waals surface area contributed by atoms with Crippen LogP contribution >= 0.6 is 0 Å². The molecular formula is C9H17N5O2. The first kappa shape index (κ1) is 12.5. The molecule has 0 atom stereocenters. The summed E-state index contributed by atoms with van der Waals surface area (Å²) in [5.41, 5.74) is 2.44. The van der Waals surface area contributed by atoms with Crippen molar-refractivity contribution in [1.29, 1.82) is 0 Å². The summed E-state index contributed by atoms with van der Waals surface area (Å²) in [5, 5.41) is 8.95. The lowest BCUT2D eigenvalue weighted by Crippen LogP contribution is -2.28. The van der Waals surface area contributed by atoms with Gasteiger partial charge < -0.3 is 20.2 Å². The van der Waals surface area contributed by atoms with Gasteiger partial charge in [0.1, 0.15) is 6.33 Å². The first-order valence-electron chi connectivity index (χ1n) is 4.99. The molecule has 0 unspecified atom stereocenters. The highest BCUT2D eigenvalue weighted by molar-refractivity contribution is 5.64. The fourth-order valence-electron chi connectivity index (χ4n) is 1.41. The number of aliphatic hydroxyl groups excluding tert-OH is 1. The third-order valence-corrected chi connectivity index (χ3v) is 2.18. The maximum Gasteiger partial charge on any atom is 0.205 e. The molecule has 1 aromatic rings. The number of hydrogen-bond acceptors (Lipinski definition) is 7. The summed E-state index contributed by atoms with van der Waals surface area (Å²) < 4.78 is 5.21. The Morgan fingerprint density at radius 1 is 1.56 bits per heavy atom. The van der Waals surface area contributed by atoms with Crippen LogP contribution in [-0.2, 0) is 0 Å². The number of methoxy groups -OCH3 is 1. The largest absolute Gasteiger partial charge is 0.490 e. The van der Waals surface area contributed by atoms with Gasteiger partial charge in [-0.05, 0) is 6.92 Å². The van der Waals surface area contributed by atoms with E-state index in [1.807, 2.05) is 11.8 Å². The number of aromatic nitrogens is 2. The molecule has 0 radical (unpaired) electrons. The second kappa shape index (κ2) is 6.09. The number of likely N-dealkylation sites (N-methyl/N-ethyl adjacent to an activating group) is 1. The number of hydrogen-bond donors (Lipinski definition) is 3. The number of hydrazine groups is 1. The number of aliphatic hydroxyl groups is 1. The van der Waals surface area contributed by atoms with Crippen molar-refractivity contribution in [1.82, 2.24) is 9.97 Å². The van der Waals surface area contributed by atoms with Crippen molar-refractivity contribution in [2.45, 2.75) is 6.92 Å². The first-order chi connectivity index (χ1) is 7.78. The fourth-order valence-corrected chi connectivity index (χ4v) is 1.41. The molecule has 90 valence electrons. The predicted molar refractivity (Wildman–Crippen MR) is 61.4 cm³/mol. The van der Waals surface area contributed by atoms with Crippen LogP contribution in [0.3, 0.4) is 0 Å². The van der Waals surface area contributed by atoms with Crippen molar-refractivity contribution in [3.8, 4) is 5.75 Å². The first-order valence-corrected chi connectivity index (χ1v) is 4.99. The SMILES string of the molecule is CCN(CCO)c1ncnc(NN)c1OC. The molecule has 0 amide bonds. The molecule has 0 saturated carbocycles. The lowest BCUT2D eigenvalue weighted by Gasteiger charge is -2.23. The molecule has 0 aromatic carbocycles. The number of rotatable bonds is 6. The molecule has 0 aliphatic heterocycles. The molecule has 1 aromatic heterocycles. The van der Waals surface area contributed by atoms with Crippen molar-refractivity contribution in [3.63, 3.8) is 0 Å². The average molecular weight is 227 g/mol. The van der Waals surface area contributed by atoms with E-state index in [4.69, 9.17) is 15.7 Å². The molecule has 1 rings (SSSR count). The molecule has 7 heteroatoms. The number of nitrogens with zero attached hydrogens (tertiary/aromatic N) is 3. The maximum atomic E-state index is 8.95. The number of ether oxygens (including phenoxy) is 1. The smallest absolute Gasteiger partial charge is 0.205 e. The summed E-state index contributed by atoms with van der Waals surface area (Å²) in [6.07, 6.45) is 1.40. The van der Waals surface area contributed by atoms with Crippen LogP contribution in [0.4, 0.5) is 11.6 Å². The van der Waals surface area contributed by atoms with Gasteiger partial charge in [0.2, 0.25) is 5.75 Å². The molecule has 1 heterocycles. The van der Waals surface area contributed by atoms with Gasteiger partial charge in [-0.15, -0.1) is 0 Å². The minimum atomic E-state index is 0.0480. The zero-order valence-corrected chi connectivity index (χ0v) is 9.47. The maximum absolute atomic E-state index is 8.95. The Bertz CT molecular complexity index is 334. The standard InChI is InChI=1S/C9H17N5O2/c1-3-14(4-5-15)9-7(16-2)8(13-10)11-6-12-9/h6,15H,3-5,10H2,1-2H3,(H,11,12,13). The molecule has 0 fully saturated rings. The van der Waals surface area contributed by atoms with E-state index in [0.29, 0.717) is 30.5 Å². The number of anilines is 2. The second-order valence-electron chi connectivity index (χ2n) is 3.03. The molecular weight excluding hydrogens is 210 g/mol. The van der Waals surface area contributed by atoms with Crippen molar-refractivity contribution in [2.24, 2.45) is 5.84 Å². The van der Waals surface area contributed by atoms with Gasteiger partial charge in [-0.3, -0.25) is 0 Å². The zero-order valence-electron chi connectivity index (χ0n) is 9.47. The fraction of sp³-hybridized carbons (Fsp3) is 0.556. The van der Waals surface area contributed by atoms with Crippen molar-refractivity contribution >= 4 is 11.6 Å². The molecule has 0 aliphatic carbocycles. The topological polar surface area (TPSA) is 96.5 Å². The number of nitrogen functional groups attached to an aromatic ring is 1. The predicted octanol–water partition coefficient (Wildman–Crippen LogP) is -0.411. The van der Waals surface area contributed by atoms with E-state index in [1.165, 1.54) is 13.4 Å². The Kier molecular flexibility index (Phi) is 4.74. The van der Waals surface area contributed by atoms with Crippen LogP contribution in [-0.4, -0.2) is 41.9 Å². The minimum Gasteiger partial charge on any atom is -0.490 e. The highest BCUT2D eigenvalue weighted by Gasteiger charge is 2.16. The number of nitrogens with one attached hydrogen (secondary N) is 1. The van der Waals surface area contributed by atoms with E-state index in [2.05, 4.69) is 15.4 Å². The molecule has 16 heavy (non-hydrogen) atoms. The summed E-state index contributed by atoms with van der Waals surface area (Å²) in [5.74, 6) is 6.83. The van der Waals surface area contributed by atoms with Gasteiger partial charge in [-0.1, -0.05) is 0 Å². The Balaban J connectivity index is 3.09. The quantitative estimate of drug-likeness (QED) is 0.449. The van der Waals surface area contributed by atoms with Crippen LogP contribution in [0.25, 0.3) is 0 Å². The number of nitrogens with two attached hydrogens (primary N) is 1. The molecule has 0 aliphatic rings. The monoisotopic (exact) mass is 227 g/mol. The van der Waals surface area contributed by atoms with Crippen LogP contribution in [0.5, 0.6) is 5.75 Å². The second-order valence-corrected chi connectivity index (χ2v) is 3.03. The van der Waals surface area contributed by atoms with Gasteiger partial charge in [-0.2, -0.15) is 0 Å². The zero-order chi connectivity index (χ0) is 12.0. The van der Waals surface area contributed by atoms with Gasteiger partial charge in [0.15, 0.2) is 11.6 Å². The van der Waals surface area contributed by atoms with Gasteiger partial charge in [0.05, 0.1) is 13.7 Å². The van der Waals surface area contributed by atoms with Crippen LogP contribution in [0.2, 0.25) is 0 Å². The van der Waals surface area contributed by atoms with Crippen molar-refractivity contribution in [2.75, 3.05) is 37.1 Å². The average Bonchev–Trinajstić information content (AvgIpc) is 2.34. The summed E-state index contributed by atoms with van der Waals surface area (Å²) in [6, 6.07) is 0. The van der Waals surface area contributed by atoms with Gasteiger partial charge in [0.25, 0.3) is 0 Å². The summed E-state index contributed by atoms with van der Waals surface area (Å²) in [4.78, 5) is 9.95. The Hall–Kier alpha value is -1.60. The van der Waals surface area contributed by atoms with Crippen LogP contribution in [0.1, 0.15) is 6.92 Å². The van der Waals surface area contributed by atoms with E-state index in [9.17, 15) is 0 Å². The highest BCUT2D eigenvalue weighted by Crippen LogP contribution is 2.30. The summed E-state index contributed by atoms with van der Waals surface area (Å²) in [6.45, 7) is 3.20. The van der Waals surface area contributed by atoms with Crippen LogP contribution < -0.4 is 20.9 Å². The van der Waals surface area contributed by atoms with E-state index >= 15 is 0 Å². The Morgan fingerprint density at radius 2 is 2.31 bits per heavy atom. The Morgan fingerprint density at radius 3 is 2.81 bits per heavy atom. The summed E-state index contributed by atoms with van der Waals surface area (Å²) in [7, 11) is 1.52. The molecule has 0 spiro atoms. The molecule has 4 N–H and O–H groups in total. The van der Waals surface area contributed by atoms with Crippen molar-refractivity contribution < 1.29 is 9.84 Å². The minimum absolute atomic E-state index is 0.0480. The lowest BCUT2D eigenvalue weighted by atomic mass is 10.4. The van der Waals surface area contributed by atoms with E-state index in [0.717, 1.165) is 0 Å². The van der Waals surface area contributed by atoms with Crippen LogP contribution in [0.15, 0.2) is 6.33 Å². The lowest BCUT2D eigenvalue weighted by molar-refractivity contribution is 0.301.